The Hall–Kier alpha value is -2.15. The summed E-state index contributed by atoms with van der Waals surface area (Å²) in [6, 6.07) is 7.84. The summed E-state index contributed by atoms with van der Waals surface area (Å²) in [5.41, 5.74) is 2.74. The maximum atomic E-state index is 12.2. The van der Waals surface area contributed by atoms with Crippen molar-refractivity contribution in [3.63, 3.8) is 0 Å². The van der Waals surface area contributed by atoms with E-state index in [9.17, 15) is 13.2 Å². The van der Waals surface area contributed by atoms with E-state index in [1.54, 1.807) is 6.92 Å². The zero-order valence-corrected chi connectivity index (χ0v) is 16.4. The number of hydrogen-bond donors (Lipinski definition) is 0. The predicted molar refractivity (Wildman–Crippen MR) is 102 cm³/mol. The standard InChI is InChI=1S/C19H25NO5S/c1-5-7-14-8-10-15(11-9-14)17-12-16(25-20-17)13-19(3,26(4,22)23)18(21)24-6-2/h5,7-11,16H,6,12-13H2,1-4H3/b7-5-/t16-,19?/m1/s1. The van der Waals surface area contributed by atoms with Gasteiger partial charge >= 0.3 is 5.97 Å². The lowest BCUT2D eigenvalue weighted by Crippen LogP contribution is -2.47. The normalized spacial score (nSPS) is 19.7. The Morgan fingerprint density at radius 3 is 2.58 bits per heavy atom. The van der Waals surface area contributed by atoms with Gasteiger partial charge in [-0.1, -0.05) is 41.6 Å². The first kappa shape index (κ1) is 20.2. The van der Waals surface area contributed by atoms with E-state index in [0.29, 0.717) is 6.42 Å². The van der Waals surface area contributed by atoms with Crippen LogP contribution in [0.3, 0.4) is 0 Å². The number of sulfone groups is 1. The molecule has 0 spiro atoms. The topological polar surface area (TPSA) is 82.0 Å². The molecule has 1 aromatic carbocycles. The molecule has 1 aromatic rings. The molecule has 6 nitrogen and oxygen atoms in total. The van der Waals surface area contributed by atoms with Gasteiger partial charge in [0.15, 0.2) is 14.6 Å². The molecular formula is C19H25NO5S. The first-order chi connectivity index (χ1) is 12.2. The van der Waals surface area contributed by atoms with Gasteiger partial charge in [0.2, 0.25) is 0 Å². The van der Waals surface area contributed by atoms with Crippen molar-refractivity contribution in [1.82, 2.24) is 0 Å². The molecule has 0 saturated heterocycles. The van der Waals surface area contributed by atoms with Crippen molar-refractivity contribution >= 4 is 27.6 Å². The van der Waals surface area contributed by atoms with Gasteiger partial charge in [0.25, 0.3) is 0 Å². The van der Waals surface area contributed by atoms with Crippen LogP contribution in [0.25, 0.3) is 6.08 Å². The van der Waals surface area contributed by atoms with Crippen LogP contribution in [0.1, 0.15) is 44.7 Å². The van der Waals surface area contributed by atoms with E-state index >= 15 is 0 Å². The van der Waals surface area contributed by atoms with Crippen molar-refractivity contribution < 1.29 is 22.8 Å². The highest BCUT2D eigenvalue weighted by Gasteiger charge is 2.48. The van der Waals surface area contributed by atoms with Gasteiger partial charge < -0.3 is 9.57 Å². The van der Waals surface area contributed by atoms with Crippen molar-refractivity contribution in [2.75, 3.05) is 12.9 Å². The number of ether oxygens (including phenoxy) is 1. The van der Waals surface area contributed by atoms with Gasteiger partial charge in [0.1, 0.15) is 6.10 Å². The number of allylic oxidation sites excluding steroid dienone is 1. The molecule has 7 heteroatoms. The van der Waals surface area contributed by atoms with E-state index in [-0.39, 0.29) is 13.0 Å². The molecule has 1 heterocycles. The summed E-state index contributed by atoms with van der Waals surface area (Å²) in [5.74, 6) is -0.754. The van der Waals surface area contributed by atoms with Crippen molar-refractivity contribution in [3.8, 4) is 0 Å². The van der Waals surface area contributed by atoms with Crippen LogP contribution in [0.5, 0.6) is 0 Å². The molecule has 1 aliphatic rings. The smallest absolute Gasteiger partial charge is 0.327 e. The Labute approximate surface area is 154 Å². The highest BCUT2D eigenvalue weighted by Crippen LogP contribution is 2.30. The summed E-state index contributed by atoms with van der Waals surface area (Å²) in [6.07, 6.45) is 4.94. The lowest BCUT2D eigenvalue weighted by molar-refractivity contribution is -0.146. The number of oxime groups is 1. The quantitative estimate of drug-likeness (QED) is 0.680. The molecule has 26 heavy (non-hydrogen) atoms. The molecule has 0 aromatic heterocycles. The Kier molecular flexibility index (Phi) is 6.23. The maximum Gasteiger partial charge on any atom is 0.327 e. The number of esters is 1. The van der Waals surface area contributed by atoms with Gasteiger partial charge in [-0.15, -0.1) is 0 Å². The first-order valence-electron chi connectivity index (χ1n) is 8.54. The average molecular weight is 379 g/mol. The van der Waals surface area contributed by atoms with Crippen molar-refractivity contribution in [2.24, 2.45) is 5.16 Å². The van der Waals surface area contributed by atoms with Crippen LogP contribution in [0.2, 0.25) is 0 Å². The van der Waals surface area contributed by atoms with E-state index in [1.165, 1.54) is 6.92 Å². The molecule has 0 saturated carbocycles. The molecule has 0 fully saturated rings. The number of rotatable bonds is 7. The minimum Gasteiger partial charge on any atom is -0.465 e. The van der Waals surface area contributed by atoms with Gasteiger partial charge in [-0.3, -0.25) is 4.79 Å². The summed E-state index contributed by atoms with van der Waals surface area (Å²) in [4.78, 5) is 17.7. The lowest BCUT2D eigenvalue weighted by Gasteiger charge is -2.27. The summed E-state index contributed by atoms with van der Waals surface area (Å²) in [6.45, 7) is 5.10. The number of nitrogens with zero attached hydrogens (tertiary/aromatic N) is 1. The highest BCUT2D eigenvalue weighted by molar-refractivity contribution is 7.92. The van der Waals surface area contributed by atoms with Crippen LogP contribution in [-0.2, 0) is 24.2 Å². The largest absolute Gasteiger partial charge is 0.465 e. The predicted octanol–water partition coefficient (Wildman–Crippen LogP) is 2.97. The summed E-state index contributed by atoms with van der Waals surface area (Å²) >= 11 is 0. The van der Waals surface area contributed by atoms with E-state index in [1.807, 2.05) is 43.3 Å². The fourth-order valence-electron chi connectivity index (χ4n) is 2.79. The van der Waals surface area contributed by atoms with Crippen molar-refractivity contribution in [1.29, 1.82) is 0 Å². The molecule has 1 unspecified atom stereocenters. The van der Waals surface area contributed by atoms with Crippen LogP contribution in [0.15, 0.2) is 35.5 Å². The molecule has 0 amide bonds. The molecule has 1 aliphatic heterocycles. The van der Waals surface area contributed by atoms with Crippen LogP contribution in [0, 0.1) is 0 Å². The van der Waals surface area contributed by atoms with Gasteiger partial charge in [0, 0.05) is 19.1 Å². The monoisotopic (exact) mass is 379 g/mol. The molecule has 0 bridgehead atoms. The van der Waals surface area contributed by atoms with Crippen LogP contribution < -0.4 is 0 Å². The zero-order valence-electron chi connectivity index (χ0n) is 15.6. The fourth-order valence-corrected chi connectivity index (χ4v) is 3.64. The molecule has 0 aliphatic carbocycles. The van der Waals surface area contributed by atoms with Crippen molar-refractivity contribution in [3.05, 3.63) is 41.5 Å². The minimum absolute atomic E-state index is 0.00563. The molecule has 142 valence electrons. The lowest BCUT2D eigenvalue weighted by atomic mass is 9.96. The number of benzene rings is 1. The second-order valence-electron chi connectivity index (χ2n) is 6.52. The molecule has 0 radical (unpaired) electrons. The van der Waals surface area contributed by atoms with Gasteiger partial charge in [-0.2, -0.15) is 0 Å². The Morgan fingerprint density at radius 1 is 1.38 bits per heavy atom. The molecule has 2 rings (SSSR count). The van der Waals surface area contributed by atoms with Crippen LogP contribution in [0.4, 0.5) is 0 Å². The highest BCUT2D eigenvalue weighted by atomic mass is 32.2. The average Bonchev–Trinajstić information content (AvgIpc) is 3.03. The van der Waals surface area contributed by atoms with Crippen LogP contribution >= 0.6 is 0 Å². The van der Waals surface area contributed by atoms with E-state index in [4.69, 9.17) is 9.57 Å². The zero-order chi connectivity index (χ0) is 19.4. The third kappa shape index (κ3) is 4.33. The Bertz CT molecular complexity index is 811. The maximum absolute atomic E-state index is 12.2. The SMILES string of the molecule is C/C=C\c1ccc(C2=NO[C@@H](CC(C)(C(=O)OCC)S(C)(=O)=O)C2)cc1. The summed E-state index contributed by atoms with van der Waals surface area (Å²) in [7, 11) is -3.68. The molecule has 0 N–H and O–H groups in total. The summed E-state index contributed by atoms with van der Waals surface area (Å²) in [5, 5.41) is 4.09. The second-order valence-corrected chi connectivity index (χ2v) is 8.96. The van der Waals surface area contributed by atoms with E-state index < -0.39 is 26.7 Å². The van der Waals surface area contributed by atoms with Crippen LogP contribution in [-0.4, -0.2) is 43.8 Å². The number of carbonyl (C=O) groups is 1. The second kappa shape index (κ2) is 8.03. The fraction of sp³-hybridized carbons (Fsp3) is 0.474. The van der Waals surface area contributed by atoms with Crippen molar-refractivity contribution in [2.45, 2.75) is 44.5 Å². The van der Waals surface area contributed by atoms with Gasteiger partial charge in [-0.05, 0) is 31.9 Å². The minimum atomic E-state index is -3.68. The third-order valence-corrected chi connectivity index (χ3v) is 6.45. The van der Waals surface area contributed by atoms with Gasteiger partial charge in [-0.25, -0.2) is 8.42 Å². The van der Waals surface area contributed by atoms with Gasteiger partial charge in [0.05, 0.1) is 12.3 Å². The number of carbonyl (C=O) groups excluding carboxylic acids is 1. The summed E-state index contributed by atoms with van der Waals surface area (Å²) < 4.78 is 27.7. The molecule has 2 atom stereocenters. The number of hydrogen-bond acceptors (Lipinski definition) is 6. The third-order valence-electron chi connectivity index (χ3n) is 4.48. The Balaban J connectivity index is 2.12. The van der Waals surface area contributed by atoms with E-state index in [0.717, 1.165) is 23.1 Å². The first-order valence-corrected chi connectivity index (χ1v) is 10.4. The Morgan fingerprint density at radius 2 is 2.04 bits per heavy atom. The van der Waals surface area contributed by atoms with E-state index in [2.05, 4.69) is 5.16 Å². The molecular weight excluding hydrogens is 354 g/mol.